The molecule has 3 aromatic carbocycles. The first-order chi connectivity index (χ1) is 16.5. The third kappa shape index (κ3) is 6.13. The lowest BCUT2D eigenvalue weighted by molar-refractivity contribution is -0.140. The lowest BCUT2D eigenvalue weighted by Crippen LogP contribution is -2.33. The SMILES string of the molecule is N=C(N)c1ccc2cc(OC(=O)C3CCC(CNC(=O)OCc4ccccc4)CC3)ccc2c1. The first-order valence-corrected chi connectivity index (χ1v) is 11.5. The first-order valence-electron chi connectivity index (χ1n) is 11.5. The Kier molecular flexibility index (Phi) is 7.42. The molecule has 7 heteroatoms. The minimum atomic E-state index is -0.419. The van der Waals surface area contributed by atoms with E-state index in [-0.39, 0.29) is 24.3 Å². The van der Waals surface area contributed by atoms with E-state index in [1.807, 2.05) is 54.6 Å². The normalized spacial score (nSPS) is 17.6. The molecular weight excluding hydrogens is 430 g/mol. The van der Waals surface area contributed by atoms with Crippen LogP contribution in [0.2, 0.25) is 0 Å². The van der Waals surface area contributed by atoms with Crippen molar-refractivity contribution in [2.45, 2.75) is 32.3 Å². The summed E-state index contributed by atoms with van der Waals surface area (Å²) in [6.45, 7) is 0.792. The molecular formula is C27H29N3O4. The van der Waals surface area contributed by atoms with Gasteiger partial charge in [0.15, 0.2) is 0 Å². The van der Waals surface area contributed by atoms with Gasteiger partial charge in [-0.15, -0.1) is 0 Å². The average molecular weight is 460 g/mol. The summed E-state index contributed by atoms with van der Waals surface area (Å²) in [6, 6.07) is 20.5. The van der Waals surface area contributed by atoms with Gasteiger partial charge < -0.3 is 20.5 Å². The highest BCUT2D eigenvalue weighted by Gasteiger charge is 2.28. The quantitative estimate of drug-likeness (QED) is 0.204. The van der Waals surface area contributed by atoms with Gasteiger partial charge in [-0.1, -0.05) is 48.5 Å². The fraction of sp³-hybridized carbons (Fsp3) is 0.296. The van der Waals surface area contributed by atoms with E-state index in [1.54, 1.807) is 12.1 Å². The molecule has 4 rings (SSSR count). The zero-order chi connectivity index (χ0) is 23.9. The van der Waals surface area contributed by atoms with Crippen LogP contribution in [0.1, 0.15) is 36.8 Å². The number of benzene rings is 3. The summed E-state index contributed by atoms with van der Waals surface area (Å²) in [4.78, 5) is 24.6. The topological polar surface area (TPSA) is 115 Å². The number of carbonyl (C=O) groups excluding carboxylic acids is 2. The van der Waals surface area contributed by atoms with Crippen LogP contribution in [0.5, 0.6) is 5.75 Å². The minimum Gasteiger partial charge on any atom is -0.445 e. The summed E-state index contributed by atoms with van der Waals surface area (Å²) in [5.74, 6) is 0.500. The highest BCUT2D eigenvalue weighted by molar-refractivity contribution is 5.99. The first kappa shape index (κ1) is 23.3. The third-order valence-corrected chi connectivity index (χ3v) is 6.27. The number of esters is 1. The lowest BCUT2D eigenvalue weighted by atomic mass is 9.82. The molecule has 1 amide bonds. The number of fused-ring (bicyclic) bond motifs is 1. The molecule has 0 spiro atoms. The van der Waals surface area contributed by atoms with E-state index in [0.717, 1.165) is 42.0 Å². The van der Waals surface area contributed by atoms with Gasteiger partial charge in [-0.3, -0.25) is 10.2 Å². The molecule has 1 aliphatic rings. The molecule has 0 unspecified atom stereocenters. The standard InChI is InChI=1S/C27H29N3O4/c28-25(29)23-11-10-22-15-24(13-12-21(22)14-23)34-26(31)20-8-6-18(7-9-20)16-30-27(32)33-17-19-4-2-1-3-5-19/h1-5,10-15,18,20H,6-9,16-17H2,(H3,28,29)(H,30,32). The van der Waals surface area contributed by atoms with E-state index >= 15 is 0 Å². The van der Waals surface area contributed by atoms with Gasteiger partial charge >= 0.3 is 12.1 Å². The van der Waals surface area contributed by atoms with Gasteiger partial charge in [0.2, 0.25) is 0 Å². The van der Waals surface area contributed by atoms with Gasteiger partial charge in [-0.05, 0) is 66.1 Å². The number of amidine groups is 1. The fourth-order valence-corrected chi connectivity index (χ4v) is 4.26. The van der Waals surface area contributed by atoms with E-state index in [2.05, 4.69) is 5.32 Å². The third-order valence-electron chi connectivity index (χ3n) is 6.27. The molecule has 3 aromatic rings. The summed E-state index contributed by atoms with van der Waals surface area (Å²) >= 11 is 0. The Bertz CT molecular complexity index is 1170. The number of hydrogen-bond donors (Lipinski definition) is 3. The fourth-order valence-electron chi connectivity index (χ4n) is 4.26. The molecule has 0 aliphatic heterocycles. The van der Waals surface area contributed by atoms with Crippen LogP contribution in [-0.4, -0.2) is 24.4 Å². The Morgan fingerprint density at radius 1 is 0.941 bits per heavy atom. The molecule has 4 N–H and O–H groups in total. The van der Waals surface area contributed by atoms with Gasteiger partial charge in [0.05, 0.1) is 5.92 Å². The summed E-state index contributed by atoms with van der Waals surface area (Å²) in [5, 5.41) is 12.2. The second-order valence-corrected chi connectivity index (χ2v) is 8.72. The van der Waals surface area contributed by atoms with Crippen LogP contribution in [0.25, 0.3) is 10.8 Å². The Balaban J connectivity index is 1.21. The van der Waals surface area contributed by atoms with Crippen molar-refractivity contribution >= 4 is 28.7 Å². The minimum absolute atomic E-state index is 0.0206. The second-order valence-electron chi connectivity index (χ2n) is 8.72. The van der Waals surface area contributed by atoms with Crippen molar-refractivity contribution in [1.82, 2.24) is 5.32 Å². The van der Waals surface area contributed by atoms with Crippen LogP contribution >= 0.6 is 0 Å². The van der Waals surface area contributed by atoms with Crippen molar-refractivity contribution in [3.63, 3.8) is 0 Å². The molecule has 0 saturated heterocycles. The second kappa shape index (κ2) is 10.8. The predicted molar refractivity (Wildman–Crippen MR) is 131 cm³/mol. The number of rotatable bonds is 7. The van der Waals surface area contributed by atoms with Gasteiger partial charge in [0.25, 0.3) is 0 Å². The Hall–Kier alpha value is -3.87. The van der Waals surface area contributed by atoms with Crippen LogP contribution in [0.3, 0.4) is 0 Å². The van der Waals surface area contributed by atoms with E-state index < -0.39 is 6.09 Å². The van der Waals surface area contributed by atoms with Crippen molar-refractivity contribution in [3.8, 4) is 5.75 Å². The molecule has 0 atom stereocenters. The summed E-state index contributed by atoms with van der Waals surface area (Å²) in [6.07, 6.45) is 2.76. The van der Waals surface area contributed by atoms with Crippen LogP contribution < -0.4 is 15.8 Å². The molecule has 1 saturated carbocycles. The number of hydrogen-bond acceptors (Lipinski definition) is 5. The van der Waals surface area contributed by atoms with Crippen LogP contribution in [0.15, 0.2) is 66.7 Å². The number of nitrogens with two attached hydrogens (primary N) is 1. The highest BCUT2D eigenvalue weighted by atomic mass is 16.5. The summed E-state index contributed by atoms with van der Waals surface area (Å²) in [7, 11) is 0. The molecule has 0 bridgehead atoms. The Morgan fingerprint density at radius 2 is 1.65 bits per heavy atom. The summed E-state index contributed by atoms with van der Waals surface area (Å²) in [5.41, 5.74) is 7.16. The lowest BCUT2D eigenvalue weighted by Gasteiger charge is -2.27. The molecule has 0 radical (unpaired) electrons. The van der Waals surface area contributed by atoms with Crippen molar-refractivity contribution in [3.05, 3.63) is 77.9 Å². The maximum atomic E-state index is 12.7. The Morgan fingerprint density at radius 3 is 2.38 bits per heavy atom. The van der Waals surface area contributed by atoms with E-state index in [4.69, 9.17) is 20.6 Å². The van der Waals surface area contributed by atoms with Crippen molar-refractivity contribution in [2.24, 2.45) is 17.6 Å². The van der Waals surface area contributed by atoms with E-state index in [1.165, 1.54) is 0 Å². The number of nitrogen functional groups attached to an aromatic ring is 1. The average Bonchev–Trinajstić information content (AvgIpc) is 2.86. The molecule has 176 valence electrons. The number of alkyl carbamates (subject to hydrolysis) is 1. The van der Waals surface area contributed by atoms with Crippen molar-refractivity contribution < 1.29 is 19.1 Å². The maximum Gasteiger partial charge on any atom is 0.407 e. The van der Waals surface area contributed by atoms with Crippen molar-refractivity contribution in [1.29, 1.82) is 5.41 Å². The van der Waals surface area contributed by atoms with Crippen LogP contribution in [0.4, 0.5) is 4.79 Å². The molecule has 0 heterocycles. The van der Waals surface area contributed by atoms with Gasteiger partial charge in [-0.25, -0.2) is 4.79 Å². The monoisotopic (exact) mass is 459 g/mol. The number of ether oxygens (including phenoxy) is 2. The number of nitrogens with one attached hydrogen (secondary N) is 2. The maximum absolute atomic E-state index is 12.7. The largest absolute Gasteiger partial charge is 0.445 e. The number of amides is 1. The zero-order valence-corrected chi connectivity index (χ0v) is 19.0. The van der Waals surface area contributed by atoms with Gasteiger partial charge in [0.1, 0.15) is 18.2 Å². The molecule has 34 heavy (non-hydrogen) atoms. The van der Waals surface area contributed by atoms with E-state index in [0.29, 0.717) is 23.8 Å². The van der Waals surface area contributed by atoms with Crippen LogP contribution in [0, 0.1) is 17.2 Å². The smallest absolute Gasteiger partial charge is 0.407 e. The highest BCUT2D eigenvalue weighted by Crippen LogP contribution is 2.30. The molecule has 7 nitrogen and oxygen atoms in total. The molecule has 1 aliphatic carbocycles. The molecule has 1 fully saturated rings. The van der Waals surface area contributed by atoms with Gasteiger partial charge in [-0.2, -0.15) is 0 Å². The Labute approximate surface area is 198 Å². The predicted octanol–water partition coefficient (Wildman–Crippen LogP) is 4.76. The summed E-state index contributed by atoms with van der Waals surface area (Å²) < 4.78 is 10.9. The molecule has 0 aromatic heterocycles. The van der Waals surface area contributed by atoms with Crippen molar-refractivity contribution in [2.75, 3.05) is 6.54 Å². The number of carbonyl (C=O) groups is 2. The van der Waals surface area contributed by atoms with E-state index in [9.17, 15) is 9.59 Å². The zero-order valence-electron chi connectivity index (χ0n) is 19.0. The van der Waals surface area contributed by atoms with Gasteiger partial charge in [0, 0.05) is 12.1 Å². The van der Waals surface area contributed by atoms with Crippen LogP contribution in [-0.2, 0) is 16.1 Å².